The number of alkyl halides is 3. The fraction of sp³-hybridized carbons (Fsp3) is 0.0909. The molecular weight excluding hydrogens is 286 g/mol. The number of nitrogens with zero attached hydrogens (tertiary/aromatic N) is 2. The minimum atomic E-state index is -4.52. The SMILES string of the molecule is Fc1cc(Nc2cc(Cl)cc(C(F)(F)F)c2)ncn1. The van der Waals surface area contributed by atoms with Gasteiger partial charge in [-0.15, -0.1) is 0 Å². The second-order valence-electron chi connectivity index (χ2n) is 3.58. The first-order valence-corrected chi connectivity index (χ1v) is 5.35. The quantitative estimate of drug-likeness (QED) is 0.670. The van der Waals surface area contributed by atoms with Gasteiger partial charge >= 0.3 is 6.18 Å². The van der Waals surface area contributed by atoms with Crippen LogP contribution in [0.1, 0.15) is 5.56 Å². The Hall–Kier alpha value is -1.89. The average molecular weight is 292 g/mol. The summed E-state index contributed by atoms with van der Waals surface area (Å²) in [6.45, 7) is 0. The molecule has 0 amide bonds. The van der Waals surface area contributed by atoms with Crippen LogP contribution < -0.4 is 5.32 Å². The molecule has 2 rings (SSSR count). The summed E-state index contributed by atoms with van der Waals surface area (Å²) in [4.78, 5) is 6.90. The summed E-state index contributed by atoms with van der Waals surface area (Å²) >= 11 is 5.61. The Balaban J connectivity index is 2.33. The van der Waals surface area contributed by atoms with Crippen molar-refractivity contribution < 1.29 is 17.6 Å². The molecule has 1 N–H and O–H groups in total. The number of hydrogen-bond acceptors (Lipinski definition) is 3. The van der Waals surface area contributed by atoms with E-state index in [1.807, 2.05) is 0 Å². The lowest BCUT2D eigenvalue weighted by atomic mass is 10.2. The maximum absolute atomic E-state index is 12.8. The third kappa shape index (κ3) is 3.54. The van der Waals surface area contributed by atoms with Crippen LogP contribution in [0, 0.1) is 5.95 Å². The zero-order chi connectivity index (χ0) is 14.0. The number of aromatic nitrogens is 2. The monoisotopic (exact) mass is 291 g/mol. The van der Waals surface area contributed by atoms with Gasteiger partial charge in [-0.3, -0.25) is 0 Å². The van der Waals surface area contributed by atoms with E-state index >= 15 is 0 Å². The third-order valence-electron chi connectivity index (χ3n) is 2.13. The molecule has 0 radical (unpaired) electrons. The summed E-state index contributed by atoms with van der Waals surface area (Å²) in [5.41, 5.74) is -0.852. The fourth-order valence-corrected chi connectivity index (χ4v) is 1.61. The van der Waals surface area contributed by atoms with Crippen LogP contribution in [0.5, 0.6) is 0 Å². The molecule has 3 nitrogen and oxygen atoms in total. The number of benzene rings is 1. The van der Waals surface area contributed by atoms with Crippen molar-refractivity contribution in [3.63, 3.8) is 0 Å². The summed E-state index contributed by atoms with van der Waals surface area (Å²) in [7, 11) is 0. The van der Waals surface area contributed by atoms with Crippen LogP contribution >= 0.6 is 11.6 Å². The van der Waals surface area contributed by atoms with Crippen LogP contribution in [-0.2, 0) is 6.18 Å². The lowest BCUT2D eigenvalue weighted by Crippen LogP contribution is -2.06. The summed E-state index contributed by atoms with van der Waals surface area (Å²) in [5, 5.41) is 2.43. The third-order valence-corrected chi connectivity index (χ3v) is 2.35. The first-order chi connectivity index (χ1) is 8.84. The summed E-state index contributed by atoms with van der Waals surface area (Å²) < 4.78 is 50.6. The minimum Gasteiger partial charge on any atom is -0.340 e. The first kappa shape index (κ1) is 13.5. The van der Waals surface area contributed by atoms with Gasteiger partial charge in [0.1, 0.15) is 12.1 Å². The second kappa shape index (κ2) is 5.00. The van der Waals surface area contributed by atoms with E-state index in [1.165, 1.54) is 6.07 Å². The molecule has 1 aromatic heterocycles. The predicted molar refractivity (Wildman–Crippen MR) is 61.7 cm³/mol. The van der Waals surface area contributed by atoms with Gasteiger partial charge in [-0.25, -0.2) is 9.97 Å². The van der Waals surface area contributed by atoms with Gasteiger partial charge in [-0.05, 0) is 18.2 Å². The highest BCUT2D eigenvalue weighted by Crippen LogP contribution is 2.33. The van der Waals surface area contributed by atoms with Gasteiger partial charge in [0.05, 0.1) is 5.56 Å². The summed E-state index contributed by atoms with van der Waals surface area (Å²) in [6, 6.07) is 3.88. The van der Waals surface area contributed by atoms with Gasteiger partial charge in [-0.2, -0.15) is 17.6 Å². The van der Waals surface area contributed by atoms with Gasteiger partial charge in [0.2, 0.25) is 5.95 Å². The topological polar surface area (TPSA) is 37.8 Å². The number of rotatable bonds is 2. The van der Waals surface area contributed by atoms with Gasteiger partial charge in [-0.1, -0.05) is 11.6 Å². The Morgan fingerprint density at radius 1 is 1.05 bits per heavy atom. The molecule has 0 bridgehead atoms. The van der Waals surface area contributed by atoms with E-state index in [0.29, 0.717) is 0 Å². The Labute approximate surface area is 110 Å². The highest BCUT2D eigenvalue weighted by Gasteiger charge is 2.31. The van der Waals surface area contributed by atoms with E-state index in [9.17, 15) is 17.6 Å². The Morgan fingerprint density at radius 2 is 1.79 bits per heavy atom. The largest absolute Gasteiger partial charge is 0.416 e. The van der Waals surface area contributed by atoms with Crippen LogP contribution in [0.2, 0.25) is 5.02 Å². The van der Waals surface area contributed by atoms with Crippen molar-refractivity contribution in [1.29, 1.82) is 0 Å². The predicted octanol–water partition coefficient (Wildman–Crippen LogP) is 4.03. The van der Waals surface area contributed by atoms with Crippen LogP contribution in [0.25, 0.3) is 0 Å². The Kier molecular flexibility index (Phi) is 3.57. The number of hydrogen-bond donors (Lipinski definition) is 1. The number of halogens is 5. The zero-order valence-electron chi connectivity index (χ0n) is 9.17. The van der Waals surface area contributed by atoms with Gasteiger partial charge in [0, 0.05) is 16.8 Å². The van der Waals surface area contributed by atoms with Crippen LogP contribution in [-0.4, -0.2) is 9.97 Å². The molecule has 100 valence electrons. The average Bonchev–Trinajstić information content (AvgIpc) is 2.26. The molecule has 0 unspecified atom stereocenters. The lowest BCUT2D eigenvalue weighted by molar-refractivity contribution is -0.137. The molecule has 1 heterocycles. The molecule has 0 spiro atoms. The van der Waals surface area contributed by atoms with Crippen LogP contribution in [0.4, 0.5) is 29.1 Å². The number of nitrogens with one attached hydrogen (secondary N) is 1. The van der Waals surface area contributed by atoms with Crippen LogP contribution in [0.3, 0.4) is 0 Å². The van der Waals surface area contributed by atoms with E-state index in [0.717, 1.165) is 24.5 Å². The van der Waals surface area contributed by atoms with E-state index < -0.39 is 17.7 Å². The fourth-order valence-electron chi connectivity index (χ4n) is 1.38. The molecule has 0 aliphatic carbocycles. The van der Waals surface area contributed by atoms with Crippen molar-refractivity contribution in [1.82, 2.24) is 9.97 Å². The van der Waals surface area contributed by atoms with Gasteiger partial charge in [0.25, 0.3) is 0 Å². The van der Waals surface area contributed by atoms with Gasteiger partial charge < -0.3 is 5.32 Å². The van der Waals surface area contributed by atoms with Crippen molar-refractivity contribution in [2.75, 3.05) is 5.32 Å². The molecule has 0 atom stereocenters. The van der Waals surface area contributed by atoms with Gasteiger partial charge in [0.15, 0.2) is 0 Å². The Morgan fingerprint density at radius 3 is 2.42 bits per heavy atom. The van der Waals surface area contributed by atoms with Crippen molar-refractivity contribution in [3.8, 4) is 0 Å². The van der Waals surface area contributed by atoms with E-state index in [4.69, 9.17) is 11.6 Å². The van der Waals surface area contributed by atoms with Crippen molar-refractivity contribution >= 4 is 23.1 Å². The van der Waals surface area contributed by atoms with Crippen molar-refractivity contribution in [2.24, 2.45) is 0 Å². The highest BCUT2D eigenvalue weighted by molar-refractivity contribution is 6.31. The molecule has 8 heteroatoms. The van der Waals surface area contributed by atoms with E-state index in [1.54, 1.807) is 0 Å². The maximum Gasteiger partial charge on any atom is 0.416 e. The highest BCUT2D eigenvalue weighted by atomic mass is 35.5. The second-order valence-corrected chi connectivity index (χ2v) is 4.01. The van der Waals surface area contributed by atoms with E-state index in [2.05, 4.69) is 15.3 Å². The molecule has 0 saturated heterocycles. The maximum atomic E-state index is 12.8. The van der Waals surface area contributed by atoms with Crippen molar-refractivity contribution in [3.05, 3.63) is 47.1 Å². The molecule has 0 aliphatic heterocycles. The Bertz CT molecular complexity index is 601. The molecule has 1 aromatic carbocycles. The lowest BCUT2D eigenvalue weighted by Gasteiger charge is -2.11. The normalized spacial score (nSPS) is 11.4. The first-order valence-electron chi connectivity index (χ1n) is 4.97. The van der Waals surface area contributed by atoms with E-state index in [-0.39, 0.29) is 16.5 Å². The smallest absolute Gasteiger partial charge is 0.340 e. The summed E-state index contributed by atoms with van der Waals surface area (Å²) in [5.74, 6) is -0.765. The molecule has 0 aliphatic rings. The van der Waals surface area contributed by atoms with Crippen molar-refractivity contribution in [2.45, 2.75) is 6.18 Å². The molecule has 2 aromatic rings. The molecule has 19 heavy (non-hydrogen) atoms. The van der Waals surface area contributed by atoms with Crippen LogP contribution in [0.15, 0.2) is 30.6 Å². The molecule has 0 fully saturated rings. The minimum absolute atomic E-state index is 0.0305. The molecule has 0 saturated carbocycles. The number of anilines is 2. The summed E-state index contributed by atoms with van der Waals surface area (Å²) in [6.07, 6.45) is -3.56. The molecular formula is C11H6ClF4N3. The zero-order valence-corrected chi connectivity index (χ0v) is 9.93. The standard InChI is InChI=1S/C11H6ClF4N3/c12-7-1-6(11(14,15)16)2-8(3-7)19-10-4-9(13)17-5-18-10/h1-5H,(H,17,18,19).